The van der Waals surface area contributed by atoms with Gasteiger partial charge in [-0.15, -0.1) is 0 Å². The number of nitrogens with zero attached hydrogens (tertiary/aromatic N) is 1. The van der Waals surface area contributed by atoms with E-state index in [0.717, 1.165) is 38.9 Å². The second-order valence-corrected chi connectivity index (χ2v) is 10.5. The number of aromatic nitrogens is 1. The molecule has 0 saturated heterocycles. The van der Waals surface area contributed by atoms with Gasteiger partial charge in [-0.05, 0) is 74.4 Å². The highest BCUT2D eigenvalue weighted by molar-refractivity contribution is 6.05. The molecule has 0 saturated carbocycles. The first kappa shape index (κ1) is 24.7. The van der Waals surface area contributed by atoms with Gasteiger partial charge in [0.2, 0.25) is 5.89 Å². The normalized spacial score (nSPS) is 16.1. The number of hydrogen-bond donors (Lipinski definition) is 1. The van der Waals surface area contributed by atoms with E-state index in [1.807, 2.05) is 49.4 Å². The first-order valence-electron chi connectivity index (χ1n) is 13.0. The third-order valence-electron chi connectivity index (χ3n) is 7.10. The zero-order chi connectivity index (χ0) is 27.1. The van der Waals surface area contributed by atoms with Crippen LogP contribution in [-0.4, -0.2) is 23.6 Å². The smallest absolute Gasteiger partial charge is 0.255 e. The van der Waals surface area contributed by atoms with Crippen molar-refractivity contribution in [3.05, 3.63) is 107 Å². The second-order valence-electron chi connectivity index (χ2n) is 10.5. The number of carbonyl (C=O) groups is 1. The van der Waals surface area contributed by atoms with E-state index < -0.39 is 5.60 Å². The molecule has 0 radical (unpaired) electrons. The van der Waals surface area contributed by atoms with Crippen LogP contribution in [0.1, 0.15) is 39.5 Å². The summed E-state index contributed by atoms with van der Waals surface area (Å²) < 4.78 is 18.2. The Morgan fingerprint density at radius 1 is 1.00 bits per heavy atom. The first-order valence-corrected chi connectivity index (χ1v) is 13.0. The van der Waals surface area contributed by atoms with Crippen molar-refractivity contribution in [1.29, 1.82) is 0 Å². The molecule has 39 heavy (non-hydrogen) atoms. The lowest BCUT2D eigenvalue weighted by atomic mass is 9.90. The number of amides is 1. The highest BCUT2D eigenvalue weighted by atomic mass is 16.5. The lowest BCUT2D eigenvalue weighted by Gasteiger charge is -2.25. The van der Waals surface area contributed by atoms with Crippen LogP contribution in [0.2, 0.25) is 0 Å². The number of hydrogen-bond acceptors (Lipinski definition) is 5. The molecule has 196 valence electrons. The van der Waals surface area contributed by atoms with Crippen LogP contribution in [-0.2, 0) is 12.8 Å². The van der Waals surface area contributed by atoms with Gasteiger partial charge in [-0.1, -0.05) is 36.4 Å². The Bertz CT molecular complexity index is 1710. The molecule has 0 spiro atoms. The SMILES string of the molecule is COc1cccc(C(=O)Nc2cc(C)cc3c2OC(C)(Cc2cc(C)cc4nc(-c5ccccc5)oc24)C3)c1. The van der Waals surface area contributed by atoms with Crippen molar-refractivity contribution in [2.24, 2.45) is 0 Å². The van der Waals surface area contributed by atoms with E-state index in [9.17, 15) is 4.79 Å². The average molecular weight is 519 g/mol. The van der Waals surface area contributed by atoms with Gasteiger partial charge in [0.1, 0.15) is 22.6 Å². The topological polar surface area (TPSA) is 73.6 Å². The number of benzene rings is 4. The van der Waals surface area contributed by atoms with E-state index in [1.54, 1.807) is 25.3 Å². The van der Waals surface area contributed by atoms with E-state index in [0.29, 0.717) is 41.5 Å². The largest absolute Gasteiger partial charge is 0.497 e. The average Bonchev–Trinajstić information content (AvgIpc) is 3.50. The molecule has 6 heteroatoms. The Morgan fingerprint density at radius 3 is 2.59 bits per heavy atom. The molecular weight excluding hydrogens is 488 g/mol. The maximum absolute atomic E-state index is 13.1. The molecule has 5 aromatic rings. The zero-order valence-electron chi connectivity index (χ0n) is 22.5. The Labute approximate surface area is 227 Å². The standard InChI is InChI=1S/C33H30N2O4/c1-20-13-24(29-27(15-20)35-32(38-29)22-9-6-5-7-10-22)18-33(3)19-25-14-21(2)16-28(30(25)39-33)34-31(36)23-11-8-12-26(17-23)37-4/h5-17H,18-19H2,1-4H3,(H,34,36). The van der Waals surface area contributed by atoms with E-state index in [-0.39, 0.29) is 5.91 Å². The number of anilines is 1. The molecule has 6 nitrogen and oxygen atoms in total. The van der Waals surface area contributed by atoms with Crippen molar-refractivity contribution in [3.8, 4) is 23.0 Å². The molecule has 1 aliphatic rings. The molecule has 0 bridgehead atoms. The predicted molar refractivity (Wildman–Crippen MR) is 153 cm³/mol. The van der Waals surface area contributed by atoms with Crippen LogP contribution in [0.25, 0.3) is 22.6 Å². The van der Waals surface area contributed by atoms with Crippen molar-refractivity contribution >= 4 is 22.7 Å². The summed E-state index contributed by atoms with van der Waals surface area (Å²) in [6.45, 7) is 6.21. The van der Waals surface area contributed by atoms with Gasteiger partial charge in [0.25, 0.3) is 5.91 Å². The number of rotatable bonds is 6. The number of oxazole rings is 1. The summed E-state index contributed by atoms with van der Waals surface area (Å²) >= 11 is 0. The molecule has 1 amide bonds. The van der Waals surface area contributed by atoms with Crippen LogP contribution in [0, 0.1) is 13.8 Å². The summed E-state index contributed by atoms with van der Waals surface area (Å²) in [4.78, 5) is 17.9. The van der Waals surface area contributed by atoms with Gasteiger partial charge in [-0.2, -0.15) is 0 Å². The number of methoxy groups -OCH3 is 1. The molecule has 1 N–H and O–H groups in total. The van der Waals surface area contributed by atoms with Crippen molar-refractivity contribution in [1.82, 2.24) is 4.98 Å². The van der Waals surface area contributed by atoms with Gasteiger partial charge in [-0.3, -0.25) is 4.79 Å². The molecule has 2 heterocycles. The van der Waals surface area contributed by atoms with Crippen molar-refractivity contribution in [2.75, 3.05) is 12.4 Å². The minimum Gasteiger partial charge on any atom is -0.497 e. The molecule has 6 rings (SSSR count). The molecule has 0 fully saturated rings. The fourth-order valence-electron chi connectivity index (χ4n) is 5.43. The predicted octanol–water partition coefficient (Wildman–Crippen LogP) is 7.31. The Hall–Kier alpha value is -4.58. The quantitative estimate of drug-likeness (QED) is 0.255. The lowest BCUT2D eigenvalue weighted by molar-refractivity contribution is 0.102. The molecule has 1 aliphatic heterocycles. The second kappa shape index (κ2) is 9.62. The van der Waals surface area contributed by atoms with Crippen molar-refractivity contribution in [2.45, 2.75) is 39.2 Å². The molecule has 1 unspecified atom stereocenters. The van der Waals surface area contributed by atoms with Crippen LogP contribution in [0.5, 0.6) is 11.5 Å². The minimum absolute atomic E-state index is 0.214. The summed E-state index contributed by atoms with van der Waals surface area (Å²) in [6.07, 6.45) is 1.34. The summed E-state index contributed by atoms with van der Waals surface area (Å²) in [7, 11) is 1.59. The fraction of sp³-hybridized carbons (Fsp3) is 0.212. The maximum Gasteiger partial charge on any atom is 0.255 e. The van der Waals surface area contributed by atoms with Gasteiger partial charge in [-0.25, -0.2) is 4.98 Å². The summed E-state index contributed by atoms with van der Waals surface area (Å²) in [5.74, 6) is 1.74. The van der Waals surface area contributed by atoms with E-state index in [4.69, 9.17) is 18.9 Å². The Kier molecular flexibility index (Phi) is 6.10. The minimum atomic E-state index is -0.522. The number of fused-ring (bicyclic) bond motifs is 2. The number of carbonyl (C=O) groups excluding carboxylic acids is 1. The monoisotopic (exact) mass is 518 g/mol. The van der Waals surface area contributed by atoms with Crippen LogP contribution in [0.15, 0.2) is 83.3 Å². The summed E-state index contributed by atoms with van der Waals surface area (Å²) in [5.41, 5.74) is 7.53. The van der Waals surface area contributed by atoms with Crippen LogP contribution in [0.3, 0.4) is 0 Å². The van der Waals surface area contributed by atoms with E-state index in [2.05, 4.69) is 37.4 Å². The van der Waals surface area contributed by atoms with E-state index >= 15 is 0 Å². The number of aryl methyl sites for hydroxylation is 2. The Balaban J connectivity index is 1.30. The van der Waals surface area contributed by atoms with Crippen LogP contribution in [0.4, 0.5) is 5.69 Å². The van der Waals surface area contributed by atoms with Crippen LogP contribution >= 0.6 is 0 Å². The summed E-state index contributed by atoms with van der Waals surface area (Å²) in [5, 5.41) is 3.06. The molecule has 4 aromatic carbocycles. The van der Waals surface area contributed by atoms with Crippen molar-refractivity contribution in [3.63, 3.8) is 0 Å². The molecule has 1 atom stereocenters. The lowest BCUT2D eigenvalue weighted by Crippen LogP contribution is -2.33. The zero-order valence-corrected chi connectivity index (χ0v) is 22.5. The fourth-order valence-corrected chi connectivity index (χ4v) is 5.43. The number of nitrogens with one attached hydrogen (secondary N) is 1. The van der Waals surface area contributed by atoms with Gasteiger partial charge in [0.15, 0.2) is 5.58 Å². The molecular formula is C33H30N2O4. The molecule has 0 aliphatic carbocycles. The van der Waals surface area contributed by atoms with Gasteiger partial charge in [0.05, 0.1) is 12.8 Å². The van der Waals surface area contributed by atoms with Gasteiger partial charge >= 0.3 is 0 Å². The third-order valence-corrected chi connectivity index (χ3v) is 7.10. The van der Waals surface area contributed by atoms with Crippen molar-refractivity contribution < 1.29 is 18.7 Å². The first-order chi connectivity index (χ1) is 18.8. The highest BCUT2D eigenvalue weighted by Crippen LogP contribution is 2.44. The summed E-state index contributed by atoms with van der Waals surface area (Å²) in [6, 6.07) is 25.3. The maximum atomic E-state index is 13.1. The Morgan fingerprint density at radius 2 is 1.79 bits per heavy atom. The number of ether oxygens (including phenoxy) is 2. The van der Waals surface area contributed by atoms with E-state index in [1.165, 1.54) is 0 Å². The van der Waals surface area contributed by atoms with Gasteiger partial charge < -0.3 is 19.2 Å². The third kappa shape index (κ3) is 4.86. The molecule has 1 aromatic heterocycles. The van der Waals surface area contributed by atoms with Crippen LogP contribution < -0.4 is 14.8 Å². The highest BCUT2D eigenvalue weighted by Gasteiger charge is 2.38. The van der Waals surface area contributed by atoms with Gasteiger partial charge in [0, 0.05) is 35.1 Å².